The van der Waals surface area contributed by atoms with Gasteiger partial charge in [-0.15, -0.1) is 11.3 Å². The third-order valence-electron chi connectivity index (χ3n) is 4.16. The van der Waals surface area contributed by atoms with E-state index in [1.165, 1.54) is 11.3 Å². The molecule has 0 saturated heterocycles. The lowest BCUT2D eigenvalue weighted by Gasteiger charge is -2.29. The molecule has 1 heterocycles. The van der Waals surface area contributed by atoms with Gasteiger partial charge in [0.1, 0.15) is 10.7 Å². The first-order chi connectivity index (χ1) is 11.8. The lowest BCUT2D eigenvalue weighted by Crippen LogP contribution is -2.40. The second-order valence-electron chi connectivity index (χ2n) is 7.06. The molecule has 1 aromatic heterocycles. The zero-order valence-electron chi connectivity index (χ0n) is 16.5. The molecule has 0 aliphatic heterocycles. The van der Waals surface area contributed by atoms with E-state index in [9.17, 15) is 9.59 Å². The number of carbonyl (C=O) groups excluding carboxylic acids is 2. The van der Waals surface area contributed by atoms with Gasteiger partial charge in [0, 0.05) is 23.4 Å². The summed E-state index contributed by atoms with van der Waals surface area (Å²) in [5.74, 6) is 0.120. The van der Waals surface area contributed by atoms with Crippen LogP contribution in [-0.4, -0.2) is 33.8 Å². The number of hydrogen-bond donors (Lipinski definition) is 1. The third-order valence-corrected chi connectivity index (χ3v) is 5.00. The van der Waals surface area contributed by atoms with E-state index in [0.717, 1.165) is 30.7 Å². The van der Waals surface area contributed by atoms with E-state index in [0.29, 0.717) is 12.2 Å². The Morgan fingerprint density at radius 2 is 1.92 bits per heavy atom. The number of aromatic nitrogens is 1. The fraction of sp³-hybridized carbons (Fsp3) is 0.737. The number of unbranched alkanes of at least 4 members (excludes halogenated alkanes) is 1. The summed E-state index contributed by atoms with van der Waals surface area (Å²) in [5, 5.41) is 5.42. The summed E-state index contributed by atoms with van der Waals surface area (Å²) >= 11 is 1.44. The van der Waals surface area contributed by atoms with Gasteiger partial charge in [-0.25, -0.2) is 4.98 Å². The van der Waals surface area contributed by atoms with Crippen molar-refractivity contribution in [3.8, 4) is 0 Å². The van der Waals surface area contributed by atoms with Gasteiger partial charge in [0.15, 0.2) is 0 Å². The Balaban J connectivity index is 2.83. The van der Waals surface area contributed by atoms with E-state index in [-0.39, 0.29) is 29.8 Å². The second-order valence-corrected chi connectivity index (χ2v) is 8.00. The first-order valence-electron chi connectivity index (χ1n) is 9.35. The maximum Gasteiger partial charge on any atom is 0.270 e. The molecule has 6 heteroatoms. The van der Waals surface area contributed by atoms with Crippen LogP contribution in [0.25, 0.3) is 0 Å². The molecule has 2 amide bonds. The number of thiazole rings is 1. The minimum Gasteiger partial charge on any atom is -0.349 e. The van der Waals surface area contributed by atoms with Crippen molar-refractivity contribution in [2.75, 3.05) is 0 Å². The number of nitrogens with zero attached hydrogens (tertiary/aromatic N) is 2. The highest BCUT2D eigenvalue weighted by Crippen LogP contribution is 2.21. The normalized spacial score (nSPS) is 12.5. The molecule has 1 rings (SSSR count). The standard InChI is InChI=1S/C19H33N3O2S/c1-7-9-10-15(8-2)19(24)22(14(5)6)11-17-21-16(12-25-17)18(23)20-13(3)4/h12-15H,7-11H2,1-6H3,(H,20,23). The number of nitrogens with one attached hydrogen (secondary N) is 1. The third kappa shape index (κ3) is 6.77. The van der Waals surface area contributed by atoms with E-state index in [4.69, 9.17) is 0 Å². The Bertz CT molecular complexity index is 555. The van der Waals surface area contributed by atoms with E-state index in [1.54, 1.807) is 5.38 Å². The first kappa shape index (κ1) is 21.6. The van der Waals surface area contributed by atoms with Gasteiger partial charge in [-0.05, 0) is 40.5 Å². The van der Waals surface area contributed by atoms with E-state index >= 15 is 0 Å². The summed E-state index contributed by atoms with van der Waals surface area (Å²) in [6, 6.07) is 0.190. The molecule has 0 aromatic carbocycles. The van der Waals surface area contributed by atoms with Crippen LogP contribution in [0.2, 0.25) is 0 Å². The van der Waals surface area contributed by atoms with Crippen LogP contribution in [-0.2, 0) is 11.3 Å². The topological polar surface area (TPSA) is 62.3 Å². The molecule has 5 nitrogen and oxygen atoms in total. The zero-order valence-corrected chi connectivity index (χ0v) is 17.3. The van der Waals surface area contributed by atoms with Gasteiger partial charge in [-0.2, -0.15) is 0 Å². The Kier molecular flexibility index (Phi) is 9.11. The van der Waals surface area contributed by atoms with E-state index in [2.05, 4.69) is 24.1 Å². The van der Waals surface area contributed by atoms with Crippen LogP contribution < -0.4 is 5.32 Å². The first-order valence-corrected chi connectivity index (χ1v) is 10.2. The van der Waals surface area contributed by atoms with Gasteiger partial charge in [0.25, 0.3) is 5.91 Å². The van der Waals surface area contributed by atoms with Crippen LogP contribution in [0.4, 0.5) is 0 Å². The van der Waals surface area contributed by atoms with Crippen LogP contribution in [0, 0.1) is 5.92 Å². The van der Waals surface area contributed by atoms with Crippen molar-refractivity contribution in [2.45, 2.75) is 85.9 Å². The van der Waals surface area contributed by atoms with Crippen LogP contribution in [0.1, 0.15) is 82.7 Å². The Morgan fingerprint density at radius 3 is 2.44 bits per heavy atom. The molecule has 0 bridgehead atoms. The molecule has 1 atom stereocenters. The zero-order chi connectivity index (χ0) is 19.0. The van der Waals surface area contributed by atoms with Crippen molar-refractivity contribution in [1.82, 2.24) is 15.2 Å². The van der Waals surface area contributed by atoms with Gasteiger partial charge in [0.05, 0.1) is 6.54 Å². The SMILES string of the molecule is CCCCC(CC)C(=O)N(Cc1nc(C(=O)NC(C)C)cs1)C(C)C. The lowest BCUT2D eigenvalue weighted by atomic mass is 9.97. The van der Waals surface area contributed by atoms with Crippen LogP contribution in [0.15, 0.2) is 5.38 Å². The highest BCUT2D eigenvalue weighted by Gasteiger charge is 2.25. The maximum atomic E-state index is 12.9. The maximum absolute atomic E-state index is 12.9. The molecule has 1 aromatic rings. The summed E-state index contributed by atoms with van der Waals surface area (Å²) < 4.78 is 0. The second kappa shape index (κ2) is 10.5. The molecule has 0 fully saturated rings. The Morgan fingerprint density at radius 1 is 1.24 bits per heavy atom. The molecule has 0 radical (unpaired) electrons. The van der Waals surface area contributed by atoms with Gasteiger partial charge in [-0.3, -0.25) is 9.59 Å². The minimum absolute atomic E-state index is 0.0750. The molecule has 1 unspecified atom stereocenters. The average molecular weight is 368 g/mol. The van der Waals surface area contributed by atoms with Crippen LogP contribution in [0.5, 0.6) is 0 Å². The Hall–Kier alpha value is -1.43. The van der Waals surface area contributed by atoms with Gasteiger partial charge in [0.2, 0.25) is 5.91 Å². The van der Waals surface area contributed by atoms with E-state index in [1.807, 2.05) is 32.6 Å². The Labute approximate surface area is 156 Å². The quantitative estimate of drug-likeness (QED) is 0.673. The largest absolute Gasteiger partial charge is 0.349 e. The van der Waals surface area contributed by atoms with E-state index < -0.39 is 0 Å². The molecule has 142 valence electrons. The summed E-state index contributed by atoms with van der Waals surface area (Å²) in [5.41, 5.74) is 0.433. The molecule has 0 spiro atoms. The summed E-state index contributed by atoms with van der Waals surface area (Å²) in [7, 11) is 0. The summed E-state index contributed by atoms with van der Waals surface area (Å²) in [4.78, 5) is 31.3. The number of rotatable bonds is 10. The molecular formula is C19H33N3O2S. The van der Waals surface area contributed by atoms with Gasteiger partial charge < -0.3 is 10.2 Å². The number of amides is 2. The molecule has 1 N–H and O–H groups in total. The molecule has 0 saturated carbocycles. The molecule has 0 aliphatic carbocycles. The predicted molar refractivity (Wildman–Crippen MR) is 104 cm³/mol. The average Bonchev–Trinajstić information content (AvgIpc) is 3.01. The number of hydrogen-bond acceptors (Lipinski definition) is 4. The highest BCUT2D eigenvalue weighted by molar-refractivity contribution is 7.09. The predicted octanol–water partition coefficient (Wildman–Crippen LogP) is 4.23. The van der Waals surface area contributed by atoms with Crippen LogP contribution in [0.3, 0.4) is 0 Å². The van der Waals surface area contributed by atoms with Gasteiger partial charge in [-0.1, -0.05) is 26.7 Å². The monoisotopic (exact) mass is 367 g/mol. The molecule has 0 aliphatic rings. The summed E-state index contributed by atoms with van der Waals surface area (Å²) in [6.45, 7) is 12.6. The van der Waals surface area contributed by atoms with Gasteiger partial charge >= 0.3 is 0 Å². The molecule has 25 heavy (non-hydrogen) atoms. The fourth-order valence-electron chi connectivity index (χ4n) is 2.67. The van der Waals surface area contributed by atoms with Crippen molar-refractivity contribution < 1.29 is 9.59 Å². The van der Waals surface area contributed by atoms with Crippen molar-refractivity contribution in [3.63, 3.8) is 0 Å². The molecular weight excluding hydrogens is 334 g/mol. The minimum atomic E-state index is -0.158. The van der Waals surface area contributed by atoms with Crippen molar-refractivity contribution in [3.05, 3.63) is 16.1 Å². The number of carbonyl (C=O) groups is 2. The van der Waals surface area contributed by atoms with Crippen LogP contribution >= 0.6 is 11.3 Å². The highest BCUT2D eigenvalue weighted by atomic mass is 32.1. The van der Waals surface area contributed by atoms with Crippen molar-refractivity contribution in [2.24, 2.45) is 5.92 Å². The van der Waals surface area contributed by atoms with Crippen molar-refractivity contribution in [1.29, 1.82) is 0 Å². The summed E-state index contributed by atoms with van der Waals surface area (Å²) in [6.07, 6.45) is 3.98. The lowest BCUT2D eigenvalue weighted by molar-refractivity contribution is -0.138. The van der Waals surface area contributed by atoms with Crippen molar-refractivity contribution >= 4 is 23.2 Å². The smallest absolute Gasteiger partial charge is 0.270 e. The fourth-order valence-corrected chi connectivity index (χ4v) is 3.44.